The Labute approximate surface area is 122 Å². The average molecular weight is 290 g/mol. The number of nitrogens with two attached hydrogens (primary N) is 1. The van der Waals surface area contributed by atoms with Gasteiger partial charge in [-0.15, -0.1) is 0 Å². The Morgan fingerprint density at radius 1 is 1.33 bits per heavy atom. The lowest BCUT2D eigenvalue weighted by molar-refractivity contribution is 0.101. The van der Waals surface area contributed by atoms with Crippen molar-refractivity contribution < 1.29 is 14.3 Å². The van der Waals surface area contributed by atoms with Gasteiger partial charge in [0.25, 0.3) is 5.91 Å². The molecule has 0 bridgehead atoms. The van der Waals surface area contributed by atoms with E-state index in [0.29, 0.717) is 34.3 Å². The summed E-state index contributed by atoms with van der Waals surface area (Å²) in [6, 6.07) is 5.12. The second kappa shape index (κ2) is 5.74. The molecule has 2 rings (SSSR count). The molecule has 112 valence electrons. The molecule has 1 heterocycles. The summed E-state index contributed by atoms with van der Waals surface area (Å²) >= 11 is 0. The van der Waals surface area contributed by atoms with Crippen molar-refractivity contribution in [3.05, 3.63) is 29.6 Å². The molecular weight excluding hydrogens is 272 g/mol. The zero-order chi connectivity index (χ0) is 15.6. The second-order valence-electron chi connectivity index (χ2n) is 4.49. The van der Waals surface area contributed by atoms with Crippen LogP contribution in [0.25, 0.3) is 0 Å². The number of carbonyl (C=O) groups excluding carboxylic acids is 1. The summed E-state index contributed by atoms with van der Waals surface area (Å²) in [4.78, 5) is 12.4. The van der Waals surface area contributed by atoms with E-state index < -0.39 is 0 Å². The van der Waals surface area contributed by atoms with Gasteiger partial charge in [0.1, 0.15) is 17.2 Å². The van der Waals surface area contributed by atoms with Gasteiger partial charge in [-0.05, 0) is 19.1 Å². The van der Waals surface area contributed by atoms with Crippen molar-refractivity contribution in [2.45, 2.75) is 6.92 Å². The molecule has 0 saturated heterocycles. The quantitative estimate of drug-likeness (QED) is 0.892. The maximum atomic E-state index is 12.4. The normalized spacial score (nSPS) is 10.3. The highest BCUT2D eigenvalue weighted by Gasteiger charge is 2.19. The molecule has 7 heteroatoms. The van der Waals surface area contributed by atoms with Crippen LogP contribution >= 0.6 is 0 Å². The van der Waals surface area contributed by atoms with E-state index in [4.69, 9.17) is 15.2 Å². The summed E-state index contributed by atoms with van der Waals surface area (Å²) in [6.45, 7) is 1.75. The van der Waals surface area contributed by atoms with Crippen LogP contribution < -0.4 is 20.5 Å². The standard InChI is InChI=1S/C14H18N4O3/c1-8-12(15)13(18(2)17-8)14(19)16-10-6-5-9(20-3)7-11(10)21-4/h5-7H,15H2,1-4H3,(H,16,19). The zero-order valence-corrected chi connectivity index (χ0v) is 12.4. The highest BCUT2D eigenvalue weighted by molar-refractivity contribution is 6.07. The van der Waals surface area contributed by atoms with Crippen molar-refractivity contribution in [3.63, 3.8) is 0 Å². The number of benzene rings is 1. The first kappa shape index (κ1) is 14.7. The van der Waals surface area contributed by atoms with Gasteiger partial charge in [-0.2, -0.15) is 5.10 Å². The molecule has 1 aromatic carbocycles. The SMILES string of the molecule is COc1ccc(NC(=O)c2c(N)c(C)nn2C)c(OC)c1. The fraction of sp³-hybridized carbons (Fsp3) is 0.286. The molecule has 0 aliphatic rings. The van der Waals surface area contributed by atoms with Gasteiger partial charge in [0.2, 0.25) is 0 Å². The third-order valence-corrected chi connectivity index (χ3v) is 3.14. The van der Waals surface area contributed by atoms with Crippen molar-refractivity contribution >= 4 is 17.3 Å². The van der Waals surface area contributed by atoms with Crippen LogP contribution in [-0.2, 0) is 7.05 Å². The highest BCUT2D eigenvalue weighted by Crippen LogP contribution is 2.29. The third kappa shape index (κ3) is 2.76. The van der Waals surface area contributed by atoms with Crippen molar-refractivity contribution in [2.24, 2.45) is 7.05 Å². The average Bonchev–Trinajstić information content (AvgIpc) is 2.72. The first-order chi connectivity index (χ1) is 9.97. The molecule has 7 nitrogen and oxygen atoms in total. The Hall–Kier alpha value is -2.70. The van der Waals surface area contributed by atoms with Crippen molar-refractivity contribution in [1.82, 2.24) is 9.78 Å². The molecular formula is C14H18N4O3. The number of hydrogen-bond acceptors (Lipinski definition) is 5. The number of carbonyl (C=O) groups is 1. The number of nitrogens with zero attached hydrogens (tertiary/aromatic N) is 2. The largest absolute Gasteiger partial charge is 0.497 e. The Kier molecular flexibility index (Phi) is 4.02. The number of nitrogen functional groups attached to an aromatic ring is 1. The van der Waals surface area contributed by atoms with E-state index >= 15 is 0 Å². The first-order valence-corrected chi connectivity index (χ1v) is 6.30. The number of amides is 1. The minimum absolute atomic E-state index is 0.311. The molecule has 1 amide bonds. The number of aromatic nitrogens is 2. The molecule has 21 heavy (non-hydrogen) atoms. The van der Waals surface area contributed by atoms with E-state index in [2.05, 4.69) is 10.4 Å². The minimum atomic E-state index is -0.348. The summed E-state index contributed by atoms with van der Waals surface area (Å²) in [5, 5.41) is 6.89. The summed E-state index contributed by atoms with van der Waals surface area (Å²) < 4.78 is 11.8. The molecule has 0 fully saturated rings. The van der Waals surface area contributed by atoms with Crippen LogP contribution in [0.15, 0.2) is 18.2 Å². The molecule has 3 N–H and O–H groups in total. The lowest BCUT2D eigenvalue weighted by atomic mass is 10.2. The molecule has 0 spiro atoms. The number of nitrogens with one attached hydrogen (secondary N) is 1. The predicted molar refractivity (Wildman–Crippen MR) is 79.9 cm³/mol. The van der Waals surface area contributed by atoms with Crippen LogP contribution in [0.2, 0.25) is 0 Å². The predicted octanol–water partition coefficient (Wildman–Crippen LogP) is 1.58. The van der Waals surface area contributed by atoms with Gasteiger partial charge >= 0.3 is 0 Å². The summed E-state index contributed by atoms with van der Waals surface area (Å²) in [5.74, 6) is 0.792. The van der Waals surface area contributed by atoms with Gasteiger partial charge in [0, 0.05) is 13.1 Å². The molecule has 1 aromatic heterocycles. The second-order valence-corrected chi connectivity index (χ2v) is 4.49. The minimum Gasteiger partial charge on any atom is -0.497 e. The van der Waals surface area contributed by atoms with E-state index in [1.165, 1.54) is 11.8 Å². The Morgan fingerprint density at radius 2 is 2.05 bits per heavy atom. The number of aryl methyl sites for hydroxylation is 2. The van der Waals surface area contributed by atoms with E-state index in [-0.39, 0.29) is 5.91 Å². The molecule has 0 aliphatic carbocycles. The number of ether oxygens (including phenoxy) is 2. The zero-order valence-electron chi connectivity index (χ0n) is 12.4. The van der Waals surface area contributed by atoms with Crippen molar-refractivity contribution in [2.75, 3.05) is 25.3 Å². The summed E-state index contributed by atoms with van der Waals surface area (Å²) in [7, 11) is 4.75. The first-order valence-electron chi connectivity index (χ1n) is 6.30. The van der Waals surface area contributed by atoms with E-state index in [0.717, 1.165) is 0 Å². The maximum absolute atomic E-state index is 12.4. The number of methoxy groups -OCH3 is 2. The van der Waals surface area contributed by atoms with E-state index in [9.17, 15) is 4.79 Å². The van der Waals surface area contributed by atoms with Crippen LogP contribution in [-0.4, -0.2) is 29.9 Å². The van der Waals surface area contributed by atoms with Gasteiger partial charge in [0.15, 0.2) is 0 Å². The fourth-order valence-corrected chi connectivity index (χ4v) is 2.03. The lowest BCUT2D eigenvalue weighted by Crippen LogP contribution is -2.18. The van der Waals surface area contributed by atoms with Gasteiger partial charge in [0.05, 0.1) is 31.3 Å². The van der Waals surface area contributed by atoms with Gasteiger partial charge in [-0.25, -0.2) is 0 Å². The fourth-order valence-electron chi connectivity index (χ4n) is 2.03. The summed E-state index contributed by atoms with van der Waals surface area (Å²) in [5.41, 5.74) is 7.70. The molecule has 0 unspecified atom stereocenters. The van der Waals surface area contributed by atoms with Crippen molar-refractivity contribution in [1.29, 1.82) is 0 Å². The van der Waals surface area contributed by atoms with Crippen molar-refractivity contribution in [3.8, 4) is 11.5 Å². The number of hydrogen-bond donors (Lipinski definition) is 2. The lowest BCUT2D eigenvalue weighted by Gasteiger charge is -2.12. The molecule has 0 radical (unpaired) electrons. The number of rotatable bonds is 4. The third-order valence-electron chi connectivity index (χ3n) is 3.14. The summed E-state index contributed by atoms with van der Waals surface area (Å²) in [6.07, 6.45) is 0. The van der Waals surface area contributed by atoms with Crippen LogP contribution in [0.1, 0.15) is 16.2 Å². The highest BCUT2D eigenvalue weighted by atomic mass is 16.5. The van der Waals surface area contributed by atoms with E-state index in [1.54, 1.807) is 39.3 Å². The molecule has 0 aliphatic heterocycles. The van der Waals surface area contributed by atoms with Gasteiger partial charge < -0.3 is 20.5 Å². The van der Waals surface area contributed by atoms with E-state index in [1.807, 2.05) is 0 Å². The topological polar surface area (TPSA) is 91.4 Å². The Bertz CT molecular complexity index is 679. The Morgan fingerprint density at radius 3 is 2.57 bits per heavy atom. The van der Waals surface area contributed by atoms with Crippen LogP contribution in [0.4, 0.5) is 11.4 Å². The maximum Gasteiger partial charge on any atom is 0.276 e. The monoisotopic (exact) mass is 290 g/mol. The Balaban J connectivity index is 2.31. The van der Waals surface area contributed by atoms with Gasteiger partial charge in [-0.3, -0.25) is 9.48 Å². The van der Waals surface area contributed by atoms with Gasteiger partial charge in [-0.1, -0.05) is 0 Å². The number of anilines is 2. The molecule has 0 atom stereocenters. The smallest absolute Gasteiger partial charge is 0.276 e. The van der Waals surface area contributed by atoms with Crippen LogP contribution in [0.3, 0.4) is 0 Å². The molecule has 2 aromatic rings. The van der Waals surface area contributed by atoms with Crippen LogP contribution in [0.5, 0.6) is 11.5 Å². The van der Waals surface area contributed by atoms with Crippen LogP contribution in [0, 0.1) is 6.92 Å². The molecule has 0 saturated carbocycles.